The molecule has 2 aromatic heterocycles. The van der Waals surface area contributed by atoms with Crippen LogP contribution in [-0.2, 0) is 0 Å². The Morgan fingerprint density at radius 1 is 0.926 bits per heavy atom. The Hall–Kier alpha value is -3.31. The molecule has 0 bridgehead atoms. The third-order valence-corrected chi connectivity index (χ3v) is 5.01. The van der Waals surface area contributed by atoms with Crippen LogP contribution in [0.5, 0.6) is 0 Å². The lowest BCUT2D eigenvalue weighted by Crippen LogP contribution is -2.23. The molecular weight excluding hydrogens is 354 g/mol. The third-order valence-electron chi connectivity index (χ3n) is 4.04. The second-order valence-electron chi connectivity index (χ2n) is 6.12. The number of hydrogen-bond acceptors (Lipinski definition) is 4. The molecule has 0 aliphatic carbocycles. The molecular formula is C22H17N3OS. The average Bonchev–Trinajstić information content (AvgIpc) is 3.21. The van der Waals surface area contributed by atoms with Crippen LogP contribution >= 0.6 is 11.3 Å². The molecule has 0 saturated heterocycles. The number of rotatable bonds is 4. The third kappa shape index (κ3) is 3.93. The molecule has 4 nitrogen and oxygen atoms in total. The number of allylic oxidation sites excluding steroid dienone is 1. The van der Waals surface area contributed by atoms with Gasteiger partial charge in [-0.2, -0.15) is 9.50 Å². The summed E-state index contributed by atoms with van der Waals surface area (Å²) in [4.78, 5) is 17.5. The largest absolute Gasteiger partial charge is 0.291 e. The molecule has 5 heteroatoms. The van der Waals surface area contributed by atoms with Crippen molar-refractivity contribution < 1.29 is 0 Å². The molecule has 0 radical (unpaired) electrons. The minimum absolute atomic E-state index is 0.143. The minimum Gasteiger partial charge on any atom is -0.266 e. The van der Waals surface area contributed by atoms with Gasteiger partial charge in [0.1, 0.15) is 0 Å². The van der Waals surface area contributed by atoms with E-state index in [2.05, 4.69) is 29.1 Å². The van der Waals surface area contributed by atoms with Crippen LogP contribution in [0.15, 0.2) is 65.5 Å². The first kappa shape index (κ1) is 17.1. The van der Waals surface area contributed by atoms with E-state index in [9.17, 15) is 4.79 Å². The molecule has 0 unspecified atom stereocenters. The number of aryl methyl sites for hydroxylation is 1. The Morgan fingerprint density at radius 2 is 1.67 bits per heavy atom. The van der Waals surface area contributed by atoms with Gasteiger partial charge in [-0.1, -0.05) is 89.7 Å². The van der Waals surface area contributed by atoms with Gasteiger partial charge in [0, 0.05) is 0 Å². The second kappa shape index (κ2) is 7.51. The summed E-state index contributed by atoms with van der Waals surface area (Å²) in [6.07, 6.45) is 9.41. The number of fused-ring (bicyclic) bond motifs is 1. The fraction of sp³-hybridized carbons (Fsp3) is 0.0455. The van der Waals surface area contributed by atoms with Crippen LogP contribution in [-0.4, -0.2) is 14.6 Å². The lowest BCUT2D eigenvalue weighted by atomic mass is 10.1. The molecule has 0 amide bonds. The maximum Gasteiger partial charge on any atom is 0.291 e. The Balaban J connectivity index is 1.58. The van der Waals surface area contributed by atoms with Crippen molar-refractivity contribution in [1.82, 2.24) is 14.6 Å². The van der Waals surface area contributed by atoms with Gasteiger partial charge in [0.2, 0.25) is 4.96 Å². The first-order valence-corrected chi connectivity index (χ1v) is 9.38. The average molecular weight is 371 g/mol. The summed E-state index contributed by atoms with van der Waals surface area (Å²) in [5, 5.41) is 4.30. The lowest BCUT2D eigenvalue weighted by molar-refractivity contribution is 0.925. The molecule has 0 spiro atoms. The van der Waals surface area contributed by atoms with Crippen LogP contribution in [0.4, 0.5) is 0 Å². The number of aromatic nitrogens is 3. The molecule has 0 aliphatic heterocycles. The van der Waals surface area contributed by atoms with Crippen molar-refractivity contribution in [2.75, 3.05) is 0 Å². The highest BCUT2D eigenvalue weighted by Gasteiger charge is 2.08. The molecule has 4 rings (SSSR count). The molecule has 132 valence electrons. The van der Waals surface area contributed by atoms with Crippen molar-refractivity contribution >= 4 is 40.6 Å². The minimum atomic E-state index is -0.143. The molecule has 4 aromatic rings. The first-order chi connectivity index (χ1) is 13.2. The van der Waals surface area contributed by atoms with Gasteiger partial charge >= 0.3 is 0 Å². The van der Waals surface area contributed by atoms with Gasteiger partial charge in [-0.05, 0) is 30.2 Å². The zero-order chi connectivity index (χ0) is 18.6. The number of thiazole rings is 1. The van der Waals surface area contributed by atoms with Crippen LogP contribution in [0.25, 0.3) is 29.3 Å². The molecule has 0 fully saturated rings. The van der Waals surface area contributed by atoms with E-state index in [1.807, 2.05) is 66.8 Å². The topological polar surface area (TPSA) is 47.3 Å². The van der Waals surface area contributed by atoms with Gasteiger partial charge in [-0.15, -0.1) is 5.10 Å². The summed E-state index contributed by atoms with van der Waals surface area (Å²) in [5.41, 5.74) is 3.23. The van der Waals surface area contributed by atoms with E-state index in [1.165, 1.54) is 21.4 Å². The summed E-state index contributed by atoms with van der Waals surface area (Å²) < 4.78 is 1.98. The summed E-state index contributed by atoms with van der Waals surface area (Å²) in [6.45, 7) is 2.05. The summed E-state index contributed by atoms with van der Waals surface area (Å²) in [5.74, 6) is 0.533. The van der Waals surface area contributed by atoms with Gasteiger partial charge in [-0.3, -0.25) is 4.79 Å². The highest BCUT2D eigenvalue weighted by Crippen LogP contribution is 2.09. The van der Waals surface area contributed by atoms with Crippen LogP contribution in [0, 0.1) is 6.92 Å². The van der Waals surface area contributed by atoms with Gasteiger partial charge in [0.05, 0.1) is 4.53 Å². The summed E-state index contributed by atoms with van der Waals surface area (Å²) in [7, 11) is 0. The Bertz CT molecular complexity index is 1230. The zero-order valence-electron chi connectivity index (χ0n) is 14.7. The van der Waals surface area contributed by atoms with Gasteiger partial charge in [0.15, 0.2) is 5.82 Å². The van der Waals surface area contributed by atoms with Crippen LogP contribution < -0.4 is 10.1 Å². The van der Waals surface area contributed by atoms with Crippen LogP contribution in [0.3, 0.4) is 0 Å². The van der Waals surface area contributed by atoms with Gasteiger partial charge in [0.25, 0.3) is 5.56 Å². The molecule has 2 heterocycles. The smallest absolute Gasteiger partial charge is 0.266 e. The normalized spacial score (nSPS) is 12.7. The van der Waals surface area contributed by atoms with Crippen molar-refractivity contribution in [3.05, 3.63) is 98.1 Å². The fourth-order valence-electron chi connectivity index (χ4n) is 2.59. The SMILES string of the molecule is Cc1ccc(/C=C/c2nc3s/c(=C\C=C\c4ccccc4)c(=O)n3n2)cc1. The highest BCUT2D eigenvalue weighted by atomic mass is 32.1. The molecule has 0 saturated carbocycles. The van der Waals surface area contributed by atoms with Crippen molar-refractivity contribution in [3.8, 4) is 0 Å². The molecule has 27 heavy (non-hydrogen) atoms. The first-order valence-electron chi connectivity index (χ1n) is 8.57. The second-order valence-corrected chi connectivity index (χ2v) is 7.13. The van der Waals surface area contributed by atoms with Crippen molar-refractivity contribution in [3.63, 3.8) is 0 Å². The van der Waals surface area contributed by atoms with Gasteiger partial charge in [-0.25, -0.2) is 0 Å². The Labute approximate surface area is 160 Å². The molecule has 2 aromatic carbocycles. The van der Waals surface area contributed by atoms with E-state index >= 15 is 0 Å². The monoisotopic (exact) mass is 371 g/mol. The van der Waals surface area contributed by atoms with E-state index in [0.717, 1.165) is 11.1 Å². The zero-order valence-corrected chi connectivity index (χ0v) is 15.6. The van der Waals surface area contributed by atoms with Gasteiger partial charge < -0.3 is 0 Å². The van der Waals surface area contributed by atoms with E-state index in [1.54, 1.807) is 6.08 Å². The van der Waals surface area contributed by atoms with Crippen molar-refractivity contribution in [2.24, 2.45) is 0 Å². The van der Waals surface area contributed by atoms with E-state index in [4.69, 9.17) is 0 Å². The highest BCUT2D eigenvalue weighted by molar-refractivity contribution is 7.15. The summed E-state index contributed by atoms with van der Waals surface area (Å²) >= 11 is 1.34. The van der Waals surface area contributed by atoms with Crippen LogP contribution in [0.2, 0.25) is 0 Å². The maximum absolute atomic E-state index is 12.5. The fourth-order valence-corrected chi connectivity index (χ4v) is 3.46. The van der Waals surface area contributed by atoms with E-state index in [0.29, 0.717) is 15.3 Å². The Kier molecular flexibility index (Phi) is 4.77. The van der Waals surface area contributed by atoms with E-state index < -0.39 is 0 Å². The van der Waals surface area contributed by atoms with Crippen molar-refractivity contribution in [1.29, 1.82) is 0 Å². The standard InChI is InChI=1S/C22H17N3OS/c1-16-10-12-18(13-11-16)14-15-20-23-22-25(24-20)21(26)19(27-22)9-5-8-17-6-3-2-4-7-17/h2-15H,1H3/b8-5+,15-14+,19-9-. The number of hydrogen-bond donors (Lipinski definition) is 0. The number of nitrogens with zero attached hydrogens (tertiary/aromatic N) is 3. The van der Waals surface area contributed by atoms with Crippen molar-refractivity contribution in [2.45, 2.75) is 6.92 Å². The summed E-state index contributed by atoms with van der Waals surface area (Å²) in [6, 6.07) is 18.1. The molecule has 0 atom stereocenters. The quantitative estimate of drug-likeness (QED) is 0.548. The Morgan fingerprint density at radius 3 is 2.41 bits per heavy atom. The molecule has 0 aliphatic rings. The molecule has 0 N–H and O–H groups in total. The maximum atomic E-state index is 12.5. The van der Waals surface area contributed by atoms with Crippen LogP contribution in [0.1, 0.15) is 22.5 Å². The van der Waals surface area contributed by atoms with E-state index in [-0.39, 0.29) is 5.56 Å². The predicted octanol–water partition coefficient (Wildman–Crippen LogP) is 3.84. The lowest BCUT2D eigenvalue weighted by Gasteiger charge is -1.93. The predicted molar refractivity (Wildman–Crippen MR) is 112 cm³/mol. The number of benzene rings is 2.